The van der Waals surface area contributed by atoms with E-state index in [9.17, 15) is 5.11 Å². The third-order valence-corrected chi connectivity index (χ3v) is 4.85. The lowest BCUT2D eigenvalue weighted by molar-refractivity contribution is 0.0891. The number of nitrogens with zero attached hydrogens (tertiary/aromatic N) is 1. The molecule has 1 fully saturated rings. The Morgan fingerprint density at radius 3 is 2.70 bits per heavy atom. The number of aliphatic hydroxyl groups is 1. The molecule has 0 radical (unpaired) electrons. The van der Waals surface area contributed by atoms with Crippen LogP contribution in [0, 0.1) is 12.8 Å². The smallest absolute Gasteiger partial charge is 0.0589 e. The van der Waals surface area contributed by atoms with Crippen LogP contribution >= 0.6 is 0 Å². The fraction of sp³-hybridized carbons (Fsp3) is 0.647. The van der Waals surface area contributed by atoms with Crippen molar-refractivity contribution in [3.63, 3.8) is 0 Å². The number of aliphatic hydroxyl groups excluding tert-OH is 1. The van der Waals surface area contributed by atoms with Crippen molar-refractivity contribution < 1.29 is 5.11 Å². The van der Waals surface area contributed by atoms with E-state index < -0.39 is 0 Å². The van der Waals surface area contributed by atoms with E-state index in [-0.39, 0.29) is 24.7 Å². The van der Waals surface area contributed by atoms with Crippen molar-refractivity contribution in [1.82, 2.24) is 4.90 Å². The number of hydrogen-bond acceptors (Lipinski definition) is 3. The van der Waals surface area contributed by atoms with Crippen molar-refractivity contribution >= 4 is 0 Å². The Morgan fingerprint density at radius 1 is 1.40 bits per heavy atom. The van der Waals surface area contributed by atoms with Gasteiger partial charge in [0.2, 0.25) is 0 Å². The van der Waals surface area contributed by atoms with E-state index >= 15 is 0 Å². The van der Waals surface area contributed by atoms with Gasteiger partial charge in [0.15, 0.2) is 0 Å². The van der Waals surface area contributed by atoms with E-state index in [2.05, 4.69) is 49.9 Å². The van der Waals surface area contributed by atoms with Crippen LogP contribution in [0.15, 0.2) is 24.3 Å². The molecule has 20 heavy (non-hydrogen) atoms. The molecule has 1 saturated heterocycles. The first-order valence-electron chi connectivity index (χ1n) is 7.77. The molecule has 112 valence electrons. The summed E-state index contributed by atoms with van der Waals surface area (Å²) in [6.07, 6.45) is 2.09. The van der Waals surface area contributed by atoms with Crippen molar-refractivity contribution in [3.05, 3.63) is 35.4 Å². The lowest BCUT2D eigenvalue weighted by atomic mass is 9.92. The highest BCUT2D eigenvalue weighted by molar-refractivity contribution is 5.30. The molecule has 0 spiro atoms. The Kier molecular flexibility index (Phi) is 5.19. The summed E-state index contributed by atoms with van der Waals surface area (Å²) in [5.41, 5.74) is 9.04. The Hall–Kier alpha value is -0.900. The summed E-state index contributed by atoms with van der Waals surface area (Å²) in [6.45, 7) is 7.77. The number of benzene rings is 1. The minimum Gasteiger partial charge on any atom is -0.395 e. The number of aryl methyl sites for hydroxylation is 1. The van der Waals surface area contributed by atoms with E-state index in [1.807, 2.05) is 0 Å². The predicted octanol–water partition coefficient (Wildman–Crippen LogP) is 2.48. The molecule has 1 aliphatic heterocycles. The van der Waals surface area contributed by atoms with Crippen LogP contribution in [-0.2, 0) is 0 Å². The van der Waals surface area contributed by atoms with Crippen LogP contribution in [0.4, 0.5) is 0 Å². The van der Waals surface area contributed by atoms with Crippen LogP contribution in [0.3, 0.4) is 0 Å². The van der Waals surface area contributed by atoms with E-state index in [1.165, 1.54) is 11.1 Å². The Balaban J connectivity index is 2.36. The first-order chi connectivity index (χ1) is 9.60. The van der Waals surface area contributed by atoms with Crippen LogP contribution in [-0.4, -0.2) is 35.2 Å². The van der Waals surface area contributed by atoms with Gasteiger partial charge < -0.3 is 10.8 Å². The van der Waals surface area contributed by atoms with Crippen LogP contribution in [0.1, 0.15) is 43.9 Å². The molecule has 0 saturated carbocycles. The predicted molar refractivity (Wildman–Crippen MR) is 83.5 cm³/mol. The molecule has 4 atom stereocenters. The average Bonchev–Trinajstić information content (AvgIpc) is 2.82. The molecular weight excluding hydrogens is 248 g/mol. The second-order valence-electron chi connectivity index (χ2n) is 6.13. The number of rotatable bonds is 5. The quantitative estimate of drug-likeness (QED) is 0.868. The van der Waals surface area contributed by atoms with Gasteiger partial charge in [0.1, 0.15) is 0 Å². The van der Waals surface area contributed by atoms with Gasteiger partial charge in [-0.3, -0.25) is 4.90 Å². The lowest BCUT2D eigenvalue weighted by Crippen LogP contribution is -2.45. The highest BCUT2D eigenvalue weighted by Gasteiger charge is 2.38. The summed E-state index contributed by atoms with van der Waals surface area (Å²) in [4.78, 5) is 2.43. The molecule has 0 aromatic heterocycles. The van der Waals surface area contributed by atoms with Crippen molar-refractivity contribution in [3.8, 4) is 0 Å². The van der Waals surface area contributed by atoms with Gasteiger partial charge in [0, 0.05) is 12.1 Å². The van der Waals surface area contributed by atoms with Crippen LogP contribution in [0.5, 0.6) is 0 Å². The van der Waals surface area contributed by atoms with Crippen molar-refractivity contribution in [2.24, 2.45) is 11.7 Å². The molecule has 1 aromatic rings. The third kappa shape index (κ3) is 2.90. The van der Waals surface area contributed by atoms with Crippen LogP contribution < -0.4 is 5.73 Å². The number of likely N-dealkylation sites (tertiary alicyclic amines) is 1. The van der Waals surface area contributed by atoms with Crippen LogP contribution in [0.2, 0.25) is 0 Å². The number of hydrogen-bond donors (Lipinski definition) is 2. The maximum Gasteiger partial charge on any atom is 0.0589 e. The first kappa shape index (κ1) is 15.5. The summed E-state index contributed by atoms with van der Waals surface area (Å²) in [7, 11) is 0. The molecule has 3 heteroatoms. The van der Waals surface area contributed by atoms with Crippen molar-refractivity contribution in [2.75, 3.05) is 13.2 Å². The van der Waals surface area contributed by atoms with Gasteiger partial charge >= 0.3 is 0 Å². The maximum atomic E-state index is 9.74. The normalized spacial score (nSPS) is 26.6. The summed E-state index contributed by atoms with van der Waals surface area (Å²) in [5.74, 6) is 0.538. The standard InChI is InChI=1S/C17H28N2O/c1-4-15(18)17(14-8-6-5-7-12(14)2)19-10-9-13(3)16(19)11-20/h5-8,13,15-17,20H,4,9-11,18H2,1-3H3. The molecule has 3 N–H and O–H groups in total. The van der Waals surface area contributed by atoms with E-state index in [0.717, 1.165) is 19.4 Å². The summed E-state index contributed by atoms with van der Waals surface area (Å²) < 4.78 is 0. The lowest BCUT2D eigenvalue weighted by Gasteiger charge is -2.37. The first-order valence-corrected chi connectivity index (χ1v) is 7.77. The van der Waals surface area contributed by atoms with Crippen molar-refractivity contribution in [2.45, 2.75) is 51.7 Å². The molecule has 1 heterocycles. The zero-order chi connectivity index (χ0) is 14.7. The van der Waals surface area contributed by atoms with Crippen LogP contribution in [0.25, 0.3) is 0 Å². The molecule has 4 unspecified atom stereocenters. The summed E-state index contributed by atoms with van der Waals surface area (Å²) in [5, 5.41) is 9.74. The SMILES string of the molecule is CCC(N)C(c1ccccc1C)N1CCC(C)C1CO. The minimum atomic E-state index is 0.107. The van der Waals surface area contributed by atoms with E-state index in [1.54, 1.807) is 0 Å². The average molecular weight is 276 g/mol. The highest BCUT2D eigenvalue weighted by Crippen LogP contribution is 2.35. The van der Waals surface area contributed by atoms with Gasteiger partial charge in [-0.25, -0.2) is 0 Å². The van der Waals surface area contributed by atoms with E-state index in [0.29, 0.717) is 5.92 Å². The molecule has 1 aromatic carbocycles. The zero-order valence-electron chi connectivity index (χ0n) is 12.9. The molecule has 0 bridgehead atoms. The Labute approximate surface area is 122 Å². The largest absolute Gasteiger partial charge is 0.395 e. The van der Waals surface area contributed by atoms with Gasteiger partial charge in [-0.2, -0.15) is 0 Å². The van der Waals surface area contributed by atoms with Gasteiger partial charge in [0.05, 0.1) is 12.6 Å². The number of nitrogens with two attached hydrogens (primary N) is 1. The topological polar surface area (TPSA) is 49.5 Å². The second-order valence-corrected chi connectivity index (χ2v) is 6.13. The fourth-order valence-corrected chi connectivity index (χ4v) is 3.47. The summed E-state index contributed by atoms with van der Waals surface area (Å²) >= 11 is 0. The molecule has 2 rings (SSSR count). The van der Waals surface area contributed by atoms with Gasteiger partial charge in [0.25, 0.3) is 0 Å². The zero-order valence-corrected chi connectivity index (χ0v) is 12.9. The van der Waals surface area contributed by atoms with E-state index in [4.69, 9.17) is 5.73 Å². The highest BCUT2D eigenvalue weighted by atomic mass is 16.3. The summed E-state index contributed by atoms with van der Waals surface area (Å²) in [6, 6.07) is 9.05. The monoisotopic (exact) mass is 276 g/mol. The molecule has 3 nitrogen and oxygen atoms in total. The molecule has 1 aliphatic rings. The molecule has 0 amide bonds. The molecular formula is C17H28N2O. The fourth-order valence-electron chi connectivity index (χ4n) is 3.47. The van der Waals surface area contributed by atoms with Gasteiger partial charge in [-0.1, -0.05) is 38.1 Å². The third-order valence-electron chi connectivity index (χ3n) is 4.85. The molecule has 0 aliphatic carbocycles. The second kappa shape index (κ2) is 6.70. The van der Waals surface area contributed by atoms with Gasteiger partial charge in [-0.15, -0.1) is 0 Å². The van der Waals surface area contributed by atoms with Crippen molar-refractivity contribution in [1.29, 1.82) is 0 Å². The Bertz CT molecular complexity index is 435. The van der Waals surface area contributed by atoms with Gasteiger partial charge in [-0.05, 0) is 43.4 Å². The Morgan fingerprint density at radius 2 is 2.10 bits per heavy atom. The minimum absolute atomic E-state index is 0.107. The maximum absolute atomic E-state index is 9.74.